The third-order valence-electron chi connectivity index (χ3n) is 5.00. The molecule has 26 heavy (non-hydrogen) atoms. The van der Waals surface area contributed by atoms with Crippen LogP contribution in [0.15, 0.2) is 4.99 Å². The van der Waals surface area contributed by atoms with E-state index in [1.807, 2.05) is 18.8 Å². The van der Waals surface area contributed by atoms with E-state index in [-0.39, 0.29) is 10.9 Å². The molecule has 0 aromatic heterocycles. The number of aliphatic imine (C=N–C) groups is 1. The van der Waals surface area contributed by atoms with Gasteiger partial charge in [-0.1, -0.05) is 20.8 Å². The van der Waals surface area contributed by atoms with Crippen LogP contribution in [0.1, 0.15) is 33.6 Å². The molecule has 2 heterocycles. The molecule has 0 radical (unpaired) electrons. The van der Waals surface area contributed by atoms with E-state index >= 15 is 0 Å². The molecule has 0 aliphatic carbocycles. The summed E-state index contributed by atoms with van der Waals surface area (Å²) >= 11 is 2.05. The van der Waals surface area contributed by atoms with Gasteiger partial charge in [0.1, 0.15) is 0 Å². The van der Waals surface area contributed by atoms with Crippen molar-refractivity contribution in [3.63, 3.8) is 0 Å². The molecule has 0 saturated carbocycles. The fourth-order valence-corrected chi connectivity index (χ4v) is 4.93. The van der Waals surface area contributed by atoms with Crippen LogP contribution >= 0.6 is 11.8 Å². The average molecular weight is 387 g/mol. The van der Waals surface area contributed by atoms with Crippen LogP contribution in [0.3, 0.4) is 0 Å². The zero-order chi connectivity index (χ0) is 18.8. The van der Waals surface area contributed by atoms with Gasteiger partial charge < -0.3 is 20.1 Å². The first kappa shape index (κ1) is 21.8. The number of rotatable bonds is 8. The Morgan fingerprint density at radius 1 is 1.27 bits per heavy atom. The Hall–Kier alpha value is -0.500. The van der Waals surface area contributed by atoms with Crippen molar-refractivity contribution in [2.24, 2.45) is 10.9 Å². The van der Waals surface area contributed by atoms with Crippen LogP contribution in [0.4, 0.5) is 0 Å². The Morgan fingerprint density at radius 2 is 2.04 bits per heavy atom. The molecular formula is C19H38N4O2S. The first-order chi connectivity index (χ1) is 12.6. The summed E-state index contributed by atoms with van der Waals surface area (Å²) in [6.07, 6.45) is 2.43. The smallest absolute Gasteiger partial charge is 0.191 e. The molecule has 0 aromatic rings. The highest BCUT2D eigenvalue weighted by Gasteiger charge is 2.32. The van der Waals surface area contributed by atoms with Crippen molar-refractivity contribution in [3.8, 4) is 0 Å². The van der Waals surface area contributed by atoms with Crippen LogP contribution in [0.5, 0.6) is 0 Å². The Kier molecular flexibility index (Phi) is 9.53. The lowest BCUT2D eigenvalue weighted by Crippen LogP contribution is -2.52. The number of morpholine rings is 1. The summed E-state index contributed by atoms with van der Waals surface area (Å²) in [7, 11) is 1.84. The van der Waals surface area contributed by atoms with E-state index in [9.17, 15) is 0 Å². The largest absolute Gasteiger partial charge is 0.381 e. The van der Waals surface area contributed by atoms with Gasteiger partial charge in [0.15, 0.2) is 5.96 Å². The quantitative estimate of drug-likeness (QED) is 0.490. The van der Waals surface area contributed by atoms with Gasteiger partial charge >= 0.3 is 0 Å². The number of hydrogen-bond donors (Lipinski definition) is 2. The van der Waals surface area contributed by atoms with Crippen LogP contribution in [0.2, 0.25) is 0 Å². The van der Waals surface area contributed by atoms with Crippen LogP contribution in [-0.2, 0) is 9.47 Å². The molecule has 0 aromatic carbocycles. The van der Waals surface area contributed by atoms with E-state index < -0.39 is 0 Å². The van der Waals surface area contributed by atoms with Crippen molar-refractivity contribution < 1.29 is 9.47 Å². The van der Waals surface area contributed by atoms with E-state index in [1.54, 1.807) is 0 Å². The molecule has 2 fully saturated rings. The molecule has 6 nitrogen and oxygen atoms in total. The summed E-state index contributed by atoms with van der Waals surface area (Å²) in [5.74, 6) is 2.70. The highest BCUT2D eigenvalue weighted by molar-refractivity contribution is 8.00. The molecule has 2 N–H and O–H groups in total. The molecule has 1 atom stereocenters. The summed E-state index contributed by atoms with van der Waals surface area (Å²) in [6.45, 7) is 14.2. The van der Waals surface area contributed by atoms with E-state index in [0.717, 1.165) is 77.1 Å². The van der Waals surface area contributed by atoms with Gasteiger partial charge in [-0.25, -0.2) is 0 Å². The van der Waals surface area contributed by atoms with Gasteiger partial charge in [-0.05, 0) is 24.5 Å². The molecule has 0 amide bonds. The molecule has 2 saturated heterocycles. The second kappa shape index (κ2) is 11.4. The fourth-order valence-electron chi connectivity index (χ4n) is 3.68. The minimum absolute atomic E-state index is 0.225. The summed E-state index contributed by atoms with van der Waals surface area (Å²) in [6, 6.07) is 0. The molecule has 0 bridgehead atoms. The number of hydrogen-bond acceptors (Lipinski definition) is 5. The molecule has 2 aliphatic rings. The SMILES string of the molecule is CCSC1(CNC(=NC)NCC2CN(CC(C)C)CCO2)CCOCC1. The zero-order valence-electron chi connectivity index (χ0n) is 17.1. The molecule has 7 heteroatoms. The third kappa shape index (κ3) is 7.25. The molecular weight excluding hydrogens is 348 g/mol. The van der Waals surface area contributed by atoms with Crippen LogP contribution in [-0.4, -0.2) is 87.1 Å². The van der Waals surface area contributed by atoms with Crippen molar-refractivity contribution in [1.82, 2.24) is 15.5 Å². The molecule has 2 rings (SSSR count). The first-order valence-electron chi connectivity index (χ1n) is 10.1. The Morgan fingerprint density at radius 3 is 2.69 bits per heavy atom. The second-order valence-corrected chi connectivity index (χ2v) is 9.41. The predicted molar refractivity (Wildman–Crippen MR) is 111 cm³/mol. The minimum atomic E-state index is 0.225. The lowest BCUT2D eigenvalue weighted by molar-refractivity contribution is -0.0284. The summed E-state index contributed by atoms with van der Waals surface area (Å²) in [4.78, 5) is 6.91. The number of nitrogens with one attached hydrogen (secondary N) is 2. The van der Waals surface area contributed by atoms with Crippen molar-refractivity contribution in [3.05, 3.63) is 0 Å². The van der Waals surface area contributed by atoms with Crippen molar-refractivity contribution in [2.75, 3.05) is 65.3 Å². The number of guanidine groups is 1. The van der Waals surface area contributed by atoms with Gasteiger partial charge in [0, 0.05) is 57.7 Å². The van der Waals surface area contributed by atoms with Crippen molar-refractivity contribution in [1.29, 1.82) is 0 Å². The van der Waals surface area contributed by atoms with Crippen LogP contribution in [0, 0.1) is 5.92 Å². The fraction of sp³-hybridized carbons (Fsp3) is 0.947. The number of thioether (sulfide) groups is 1. The van der Waals surface area contributed by atoms with E-state index in [1.165, 1.54) is 0 Å². The van der Waals surface area contributed by atoms with E-state index in [0.29, 0.717) is 5.92 Å². The minimum Gasteiger partial charge on any atom is -0.381 e. The standard InChI is InChI=1S/C19H38N4O2S/c1-5-26-19(6-9-24-10-7-19)15-22-18(20-4)21-12-17-14-23(8-11-25-17)13-16(2)3/h16-17H,5-15H2,1-4H3,(H2,20,21,22). The second-order valence-electron chi connectivity index (χ2n) is 7.68. The lowest BCUT2D eigenvalue weighted by Gasteiger charge is -2.37. The maximum absolute atomic E-state index is 5.93. The maximum Gasteiger partial charge on any atom is 0.191 e. The Labute approximate surface area is 163 Å². The number of ether oxygens (including phenoxy) is 2. The van der Waals surface area contributed by atoms with Crippen LogP contribution < -0.4 is 10.6 Å². The first-order valence-corrected chi connectivity index (χ1v) is 11.1. The molecule has 0 spiro atoms. The van der Waals surface area contributed by atoms with Crippen molar-refractivity contribution >= 4 is 17.7 Å². The van der Waals surface area contributed by atoms with Gasteiger partial charge in [-0.15, -0.1) is 0 Å². The topological polar surface area (TPSA) is 58.1 Å². The predicted octanol–water partition coefficient (Wildman–Crippen LogP) is 1.81. The van der Waals surface area contributed by atoms with Gasteiger partial charge in [0.25, 0.3) is 0 Å². The molecule has 1 unspecified atom stereocenters. The molecule has 152 valence electrons. The summed E-state index contributed by atoms with van der Waals surface area (Å²) < 4.78 is 11.8. The van der Waals surface area contributed by atoms with Gasteiger partial charge in [0.2, 0.25) is 0 Å². The Bertz CT molecular complexity index is 422. The third-order valence-corrected chi connectivity index (χ3v) is 6.45. The average Bonchev–Trinajstić information content (AvgIpc) is 2.63. The van der Waals surface area contributed by atoms with Crippen LogP contribution in [0.25, 0.3) is 0 Å². The van der Waals surface area contributed by atoms with Gasteiger partial charge in [0.05, 0.1) is 12.7 Å². The van der Waals surface area contributed by atoms with Gasteiger partial charge in [-0.3, -0.25) is 9.89 Å². The zero-order valence-corrected chi connectivity index (χ0v) is 17.9. The normalized spacial score (nSPS) is 24.7. The highest BCUT2D eigenvalue weighted by Crippen LogP contribution is 2.34. The van der Waals surface area contributed by atoms with Crippen molar-refractivity contribution in [2.45, 2.75) is 44.5 Å². The Balaban J connectivity index is 1.76. The maximum atomic E-state index is 5.93. The lowest BCUT2D eigenvalue weighted by atomic mass is 9.99. The van der Waals surface area contributed by atoms with E-state index in [4.69, 9.17) is 9.47 Å². The monoisotopic (exact) mass is 386 g/mol. The highest BCUT2D eigenvalue weighted by atomic mass is 32.2. The molecule has 2 aliphatic heterocycles. The number of nitrogens with zero attached hydrogens (tertiary/aromatic N) is 2. The summed E-state index contributed by atoms with van der Waals surface area (Å²) in [5.41, 5.74) is 0. The van der Waals surface area contributed by atoms with Gasteiger partial charge in [-0.2, -0.15) is 11.8 Å². The van der Waals surface area contributed by atoms with E-state index in [2.05, 4.69) is 41.3 Å². The summed E-state index contributed by atoms with van der Waals surface area (Å²) in [5, 5.41) is 7.00.